The van der Waals surface area contributed by atoms with Gasteiger partial charge in [0.05, 0.1) is 29.0 Å². The molecule has 0 spiro atoms. The minimum absolute atomic E-state index is 0.0983. The number of nitrogens with one attached hydrogen (secondary N) is 1. The molecule has 0 bridgehead atoms. The van der Waals surface area contributed by atoms with Gasteiger partial charge < -0.3 is 5.32 Å². The van der Waals surface area contributed by atoms with Gasteiger partial charge in [-0.25, -0.2) is 9.97 Å². The molecule has 8 heteroatoms. The molecule has 4 rings (SSSR count). The molecule has 0 fully saturated rings. The maximum Gasteiger partial charge on any atom is 0.236 e. The number of carbonyl (C=O) groups excluding carboxylic acids is 1. The van der Waals surface area contributed by atoms with Crippen molar-refractivity contribution in [3.05, 3.63) is 75.8 Å². The summed E-state index contributed by atoms with van der Waals surface area (Å²) in [6, 6.07) is 16.3. The van der Waals surface area contributed by atoms with E-state index in [-0.39, 0.29) is 11.7 Å². The number of halogens is 1. The Hall–Kier alpha value is -2.42. The highest BCUT2D eigenvalue weighted by molar-refractivity contribution is 9.10. The standard InChI is InChI=1S/C22H19BrN4OS2/c1-14-5-3-4-6-18(14)27-19(16-7-9-17(23)10-8-16)11-24-22(27)30-13-20(28)26-21-25-15(2)12-29-21/h3-12H,13H2,1-2H3,(H,25,26,28). The summed E-state index contributed by atoms with van der Waals surface area (Å²) in [6.07, 6.45) is 1.86. The van der Waals surface area contributed by atoms with Gasteiger partial charge in [0.15, 0.2) is 10.3 Å². The van der Waals surface area contributed by atoms with Crippen molar-refractivity contribution < 1.29 is 4.79 Å². The van der Waals surface area contributed by atoms with Crippen LogP contribution in [0.3, 0.4) is 0 Å². The predicted molar refractivity (Wildman–Crippen MR) is 128 cm³/mol. The van der Waals surface area contributed by atoms with Crippen LogP contribution in [-0.4, -0.2) is 26.2 Å². The first kappa shape index (κ1) is 20.8. The minimum Gasteiger partial charge on any atom is -0.301 e. The molecule has 0 aliphatic carbocycles. The first-order chi connectivity index (χ1) is 14.5. The van der Waals surface area contributed by atoms with Crippen LogP contribution in [0.25, 0.3) is 16.9 Å². The van der Waals surface area contributed by atoms with Crippen molar-refractivity contribution in [2.75, 3.05) is 11.1 Å². The molecule has 0 saturated carbocycles. The SMILES string of the molecule is Cc1csc(NC(=O)CSc2ncc(-c3ccc(Br)cc3)n2-c2ccccc2C)n1. The summed E-state index contributed by atoms with van der Waals surface area (Å²) >= 11 is 6.33. The fourth-order valence-electron chi connectivity index (χ4n) is 3.00. The van der Waals surface area contributed by atoms with Gasteiger partial charge in [-0.2, -0.15) is 0 Å². The van der Waals surface area contributed by atoms with Crippen molar-refractivity contribution in [2.24, 2.45) is 0 Å². The Bertz CT molecular complexity index is 1180. The first-order valence-corrected chi connectivity index (χ1v) is 11.9. The van der Waals surface area contributed by atoms with Crippen LogP contribution in [0.15, 0.2) is 69.7 Å². The van der Waals surface area contributed by atoms with E-state index in [2.05, 4.69) is 67.0 Å². The number of hydrogen-bond donors (Lipinski definition) is 1. The van der Waals surface area contributed by atoms with Crippen molar-refractivity contribution in [1.82, 2.24) is 14.5 Å². The molecule has 0 saturated heterocycles. The highest BCUT2D eigenvalue weighted by atomic mass is 79.9. The molecule has 2 aromatic carbocycles. The number of para-hydroxylation sites is 1. The molecule has 1 N–H and O–H groups in total. The van der Waals surface area contributed by atoms with E-state index in [1.807, 2.05) is 42.8 Å². The summed E-state index contributed by atoms with van der Waals surface area (Å²) in [5.41, 5.74) is 5.13. The molecule has 4 aromatic rings. The van der Waals surface area contributed by atoms with Crippen LogP contribution < -0.4 is 5.32 Å². The molecular weight excluding hydrogens is 480 g/mol. The number of thioether (sulfide) groups is 1. The van der Waals surface area contributed by atoms with Crippen LogP contribution in [0.5, 0.6) is 0 Å². The van der Waals surface area contributed by atoms with E-state index in [1.54, 1.807) is 0 Å². The molecule has 1 amide bonds. The Kier molecular flexibility index (Phi) is 6.36. The van der Waals surface area contributed by atoms with Crippen molar-refractivity contribution >= 4 is 50.1 Å². The normalized spacial score (nSPS) is 10.9. The zero-order valence-corrected chi connectivity index (χ0v) is 19.6. The Morgan fingerprint density at radius 3 is 2.63 bits per heavy atom. The smallest absolute Gasteiger partial charge is 0.236 e. The Morgan fingerprint density at radius 2 is 1.93 bits per heavy atom. The van der Waals surface area contributed by atoms with E-state index in [9.17, 15) is 4.79 Å². The van der Waals surface area contributed by atoms with Gasteiger partial charge in [-0.05, 0) is 37.6 Å². The number of imidazole rings is 1. The van der Waals surface area contributed by atoms with E-state index >= 15 is 0 Å². The molecule has 0 unspecified atom stereocenters. The summed E-state index contributed by atoms with van der Waals surface area (Å²) in [6.45, 7) is 3.98. The third-order valence-electron chi connectivity index (χ3n) is 4.42. The quantitative estimate of drug-likeness (QED) is 0.326. The van der Waals surface area contributed by atoms with Gasteiger partial charge in [0.25, 0.3) is 0 Å². The van der Waals surface area contributed by atoms with Crippen LogP contribution in [-0.2, 0) is 4.79 Å². The second-order valence-electron chi connectivity index (χ2n) is 6.69. The second-order valence-corrected chi connectivity index (χ2v) is 9.40. The highest BCUT2D eigenvalue weighted by Gasteiger charge is 2.17. The number of thiazole rings is 1. The molecule has 30 heavy (non-hydrogen) atoms. The van der Waals surface area contributed by atoms with Crippen LogP contribution in [0.1, 0.15) is 11.3 Å². The average molecular weight is 499 g/mol. The average Bonchev–Trinajstić information content (AvgIpc) is 3.33. The molecule has 5 nitrogen and oxygen atoms in total. The Balaban J connectivity index is 1.63. The zero-order chi connectivity index (χ0) is 21.1. The number of anilines is 1. The number of amides is 1. The molecule has 0 atom stereocenters. The predicted octanol–water partition coefficient (Wildman–Crippen LogP) is 6.11. The molecule has 2 heterocycles. The topological polar surface area (TPSA) is 59.8 Å². The van der Waals surface area contributed by atoms with Crippen LogP contribution in [0, 0.1) is 13.8 Å². The van der Waals surface area contributed by atoms with Crippen LogP contribution >= 0.6 is 39.0 Å². The number of nitrogens with zero attached hydrogens (tertiary/aromatic N) is 3. The van der Waals surface area contributed by atoms with Gasteiger partial charge in [-0.3, -0.25) is 9.36 Å². The maximum atomic E-state index is 12.4. The number of benzene rings is 2. The van der Waals surface area contributed by atoms with Crippen molar-refractivity contribution in [2.45, 2.75) is 19.0 Å². The van der Waals surface area contributed by atoms with Crippen molar-refractivity contribution in [3.63, 3.8) is 0 Å². The molecular formula is C22H19BrN4OS2. The largest absolute Gasteiger partial charge is 0.301 e. The lowest BCUT2D eigenvalue weighted by Gasteiger charge is -2.14. The molecule has 152 valence electrons. The fourth-order valence-corrected chi connectivity index (χ4v) is 4.76. The van der Waals surface area contributed by atoms with Crippen molar-refractivity contribution in [3.8, 4) is 16.9 Å². The van der Waals surface area contributed by atoms with E-state index < -0.39 is 0 Å². The number of aromatic nitrogens is 3. The van der Waals surface area contributed by atoms with E-state index in [0.717, 1.165) is 37.8 Å². The summed E-state index contributed by atoms with van der Waals surface area (Å²) in [4.78, 5) is 21.3. The monoisotopic (exact) mass is 498 g/mol. The van der Waals surface area contributed by atoms with Gasteiger partial charge in [0.1, 0.15) is 0 Å². The van der Waals surface area contributed by atoms with E-state index in [0.29, 0.717) is 5.13 Å². The van der Waals surface area contributed by atoms with Gasteiger partial charge in [-0.1, -0.05) is 58.0 Å². The van der Waals surface area contributed by atoms with Gasteiger partial charge in [0, 0.05) is 15.4 Å². The number of carbonyl (C=O) groups is 1. The van der Waals surface area contributed by atoms with Crippen LogP contribution in [0.2, 0.25) is 0 Å². The van der Waals surface area contributed by atoms with Crippen molar-refractivity contribution in [1.29, 1.82) is 0 Å². The maximum absolute atomic E-state index is 12.4. The van der Waals surface area contributed by atoms with Gasteiger partial charge in [-0.15, -0.1) is 11.3 Å². The fraction of sp³-hybridized carbons (Fsp3) is 0.136. The lowest BCUT2D eigenvalue weighted by atomic mass is 10.1. The Morgan fingerprint density at radius 1 is 1.17 bits per heavy atom. The lowest BCUT2D eigenvalue weighted by Crippen LogP contribution is -2.14. The van der Waals surface area contributed by atoms with Gasteiger partial charge >= 0.3 is 0 Å². The Labute approximate surface area is 191 Å². The molecule has 0 radical (unpaired) electrons. The number of aryl methyl sites for hydroxylation is 2. The van der Waals surface area contributed by atoms with E-state index in [4.69, 9.17) is 0 Å². The van der Waals surface area contributed by atoms with Gasteiger partial charge in [0.2, 0.25) is 5.91 Å². The summed E-state index contributed by atoms with van der Waals surface area (Å²) < 4.78 is 3.14. The highest BCUT2D eigenvalue weighted by Crippen LogP contribution is 2.32. The number of hydrogen-bond acceptors (Lipinski definition) is 5. The third kappa shape index (κ3) is 4.66. The first-order valence-electron chi connectivity index (χ1n) is 9.26. The lowest BCUT2D eigenvalue weighted by molar-refractivity contribution is -0.113. The molecule has 0 aliphatic heterocycles. The number of rotatable bonds is 6. The summed E-state index contributed by atoms with van der Waals surface area (Å²) in [5, 5.41) is 6.16. The summed E-state index contributed by atoms with van der Waals surface area (Å²) in [7, 11) is 0. The zero-order valence-electron chi connectivity index (χ0n) is 16.4. The van der Waals surface area contributed by atoms with Crippen LogP contribution in [0.4, 0.5) is 5.13 Å². The third-order valence-corrected chi connectivity index (χ3v) is 6.78. The van der Waals surface area contributed by atoms with E-state index in [1.165, 1.54) is 23.1 Å². The summed E-state index contributed by atoms with van der Waals surface area (Å²) in [5.74, 6) is 0.153. The molecule has 2 aromatic heterocycles. The minimum atomic E-state index is -0.0983. The second kappa shape index (κ2) is 9.16. The molecule has 0 aliphatic rings.